The zero-order valence-electron chi connectivity index (χ0n) is 14.6. The van der Waals surface area contributed by atoms with Crippen LogP contribution < -0.4 is 0 Å². The van der Waals surface area contributed by atoms with Gasteiger partial charge in [-0.05, 0) is 37.1 Å². The molecule has 5 heteroatoms. The zero-order valence-corrected chi connectivity index (χ0v) is 15.4. The van der Waals surface area contributed by atoms with Gasteiger partial charge in [0.15, 0.2) is 5.17 Å². The number of rotatable bonds is 3. The van der Waals surface area contributed by atoms with Gasteiger partial charge in [0.05, 0.1) is 11.7 Å². The lowest BCUT2D eigenvalue weighted by Gasteiger charge is -2.30. The van der Waals surface area contributed by atoms with Gasteiger partial charge in [-0.3, -0.25) is 9.98 Å². The van der Waals surface area contributed by atoms with Gasteiger partial charge in [-0.2, -0.15) is 0 Å². The molecule has 25 heavy (non-hydrogen) atoms. The molecule has 0 N–H and O–H groups in total. The van der Waals surface area contributed by atoms with E-state index in [4.69, 9.17) is 4.99 Å². The van der Waals surface area contributed by atoms with Gasteiger partial charge in [0.2, 0.25) is 0 Å². The summed E-state index contributed by atoms with van der Waals surface area (Å²) in [6, 6.07) is 11.8. The molecule has 3 atom stereocenters. The van der Waals surface area contributed by atoms with Gasteiger partial charge >= 0.3 is 0 Å². The van der Waals surface area contributed by atoms with Crippen LogP contribution in [0.5, 0.6) is 0 Å². The van der Waals surface area contributed by atoms with E-state index in [1.165, 1.54) is 36.5 Å². The molecule has 0 spiro atoms. The fourth-order valence-electron chi connectivity index (χ4n) is 4.61. The van der Waals surface area contributed by atoms with E-state index in [9.17, 15) is 0 Å². The summed E-state index contributed by atoms with van der Waals surface area (Å²) in [5.41, 5.74) is 2.50. The lowest BCUT2D eigenvalue weighted by molar-refractivity contribution is 0.299. The van der Waals surface area contributed by atoms with E-state index in [2.05, 4.69) is 51.8 Å². The normalized spacial score (nSPS) is 29.2. The van der Waals surface area contributed by atoms with Crippen molar-refractivity contribution in [2.45, 2.75) is 56.0 Å². The third-order valence-electron chi connectivity index (χ3n) is 5.71. The second-order valence-electron chi connectivity index (χ2n) is 7.42. The van der Waals surface area contributed by atoms with Crippen LogP contribution in [-0.2, 0) is 0 Å². The van der Waals surface area contributed by atoms with Crippen LogP contribution in [0, 0.1) is 0 Å². The molecule has 2 aromatic heterocycles. The standard InChI is InChI=1S/C20H24N4S/c1-14-13-24-19(17-10-6-12-23(17)15-7-2-3-8-15)18(22-20(24)25-14)16-9-4-5-11-21-16/h4-6,9-12,14-15,18-19H,2-3,7-8,13H2,1H3/t14-,18-,19-/m0/s1. The fourth-order valence-corrected chi connectivity index (χ4v) is 5.70. The highest BCUT2D eigenvalue weighted by molar-refractivity contribution is 8.14. The Hall–Kier alpha value is -1.75. The minimum atomic E-state index is 0.103. The van der Waals surface area contributed by atoms with Gasteiger partial charge in [0, 0.05) is 35.9 Å². The predicted octanol–water partition coefficient (Wildman–Crippen LogP) is 4.59. The third-order valence-corrected chi connectivity index (χ3v) is 6.82. The van der Waals surface area contributed by atoms with E-state index in [1.807, 2.05) is 24.0 Å². The highest BCUT2D eigenvalue weighted by Crippen LogP contribution is 2.48. The van der Waals surface area contributed by atoms with Crippen LogP contribution in [0.15, 0.2) is 47.7 Å². The van der Waals surface area contributed by atoms with Crippen LogP contribution in [-0.4, -0.2) is 31.4 Å². The van der Waals surface area contributed by atoms with Gasteiger partial charge in [-0.15, -0.1) is 0 Å². The molecular weight excluding hydrogens is 328 g/mol. The first kappa shape index (κ1) is 15.5. The Labute approximate surface area is 153 Å². The second-order valence-corrected chi connectivity index (χ2v) is 8.82. The highest BCUT2D eigenvalue weighted by Gasteiger charge is 2.44. The summed E-state index contributed by atoms with van der Waals surface area (Å²) in [6.45, 7) is 3.38. The SMILES string of the molecule is C[C@H]1CN2C(=N[C@@H](c3ccccn3)[C@@H]2c2cccn2C2CCCC2)S1. The van der Waals surface area contributed by atoms with Gasteiger partial charge in [0.1, 0.15) is 6.04 Å². The van der Waals surface area contributed by atoms with Crippen molar-refractivity contribution < 1.29 is 0 Å². The summed E-state index contributed by atoms with van der Waals surface area (Å²) in [6.07, 6.45) is 9.50. The average Bonchev–Trinajstić information content (AvgIpc) is 3.38. The van der Waals surface area contributed by atoms with Crippen LogP contribution >= 0.6 is 11.8 Å². The minimum Gasteiger partial charge on any atom is -0.346 e. The number of thioether (sulfide) groups is 1. The molecule has 5 rings (SSSR count). The molecule has 130 valence electrons. The molecule has 2 aliphatic heterocycles. The zero-order chi connectivity index (χ0) is 16.8. The highest BCUT2D eigenvalue weighted by atomic mass is 32.2. The van der Waals surface area contributed by atoms with Crippen molar-refractivity contribution in [1.29, 1.82) is 0 Å². The van der Waals surface area contributed by atoms with Crippen LogP contribution in [0.3, 0.4) is 0 Å². The summed E-state index contributed by atoms with van der Waals surface area (Å²) in [5, 5.41) is 1.81. The number of fused-ring (bicyclic) bond motifs is 1. The van der Waals surface area contributed by atoms with Crippen LogP contribution in [0.2, 0.25) is 0 Å². The Morgan fingerprint density at radius 3 is 2.80 bits per heavy atom. The molecule has 1 saturated heterocycles. The summed E-state index contributed by atoms with van der Waals surface area (Å²) >= 11 is 1.91. The number of hydrogen-bond donors (Lipinski definition) is 0. The Kier molecular flexibility index (Phi) is 3.85. The largest absolute Gasteiger partial charge is 0.346 e. The summed E-state index contributed by atoms with van der Waals surface area (Å²) < 4.78 is 2.54. The number of hydrogen-bond acceptors (Lipinski definition) is 4. The Morgan fingerprint density at radius 1 is 1.12 bits per heavy atom. The van der Waals surface area contributed by atoms with Gasteiger partial charge < -0.3 is 9.47 Å². The Balaban J connectivity index is 1.57. The lowest BCUT2D eigenvalue weighted by atomic mass is 10.0. The number of aliphatic imine (C=N–C) groups is 1. The van der Waals surface area contributed by atoms with E-state index < -0.39 is 0 Å². The molecule has 0 bridgehead atoms. The fraction of sp³-hybridized carbons (Fsp3) is 0.500. The van der Waals surface area contributed by atoms with Crippen molar-refractivity contribution in [3.8, 4) is 0 Å². The van der Waals surface area contributed by atoms with Crippen molar-refractivity contribution in [3.05, 3.63) is 54.1 Å². The number of amidine groups is 1. The maximum absolute atomic E-state index is 5.11. The lowest BCUT2D eigenvalue weighted by Crippen LogP contribution is -2.30. The van der Waals surface area contributed by atoms with E-state index in [0.717, 1.165) is 12.2 Å². The van der Waals surface area contributed by atoms with E-state index >= 15 is 0 Å². The molecule has 2 aromatic rings. The smallest absolute Gasteiger partial charge is 0.160 e. The number of nitrogens with zero attached hydrogens (tertiary/aromatic N) is 4. The molecule has 2 fully saturated rings. The molecule has 3 aliphatic rings. The molecule has 4 heterocycles. The van der Waals surface area contributed by atoms with Crippen LogP contribution in [0.4, 0.5) is 0 Å². The Bertz CT molecular complexity index is 778. The predicted molar refractivity (Wildman–Crippen MR) is 103 cm³/mol. The van der Waals surface area contributed by atoms with Gasteiger partial charge in [-0.25, -0.2) is 0 Å². The van der Waals surface area contributed by atoms with Crippen molar-refractivity contribution >= 4 is 16.9 Å². The first-order valence-corrected chi connectivity index (χ1v) is 10.3. The minimum absolute atomic E-state index is 0.103. The third kappa shape index (κ3) is 2.60. The average molecular weight is 353 g/mol. The topological polar surface area (TPSA) is 33.4 Å². The monoisotopic (exact) mass is 352 g/mol. The van der Waals surface area contributed by atoms with Gasteiger partial charge in [-0.1, -0.05) is 37.6 Å². The van der Waals surface area contributed by atoms with E-state index in [0.29, 0.717) is 11.3 Å². The van der Waals surface area contributed by atoms with Crippen molar-refractivity contribution in [3.63, 3.8) is 0 Å². The van der Waals surface area contributed by atoms with Crippen LogP contribution in [0.25, 0.3) is 0 Å². The molecule has 1 saturated carbocycles. The molecular formula is C20H24N4S. The molecule has 0 unspecified atom stereocenters. The summed E-state index contributed by atoms with van der Waals surface area (Å²) in [7, 11) is 0. The molecule has 4 nitrogen and oxygen atoms in total. The van der Waals surface area contributed by atoms with Crippen molar-refractivity contribution in [2.75, 3.05) is 6.54 Å². The number of pyridine rings is 1. The first-order valence-electron chi connectivity index (χ1n) is 9.40. The van der Waals surface area contributed by atoms with Gasteiger partial charge in [0.25, 0.3) is 0 Å². The summed E-state index contributed by atoms with van der Waals surface area (Å²) in [5.74, 6) is 0. The molecule has 1 aliphatic carbocycles. The van der Waals surface area contributed by atoms with Crippen LogP contribution in [0.1, 0.15) is 62.1 Å². The molecule has 0 radical (unpaired) electrons. The maximum Gasteiger partial charge on any atom is 0.160 e. The van der Waals surface area contributed by atoms with E-state index in [-0.39, 0.29) is 12.1 Å². The maximum atomic E-state index is 5.11. The van der Waals surface area contributed by atoms with Crippen molar-refractivity contribution in [1.82, 2.24) is 14.5 Å². The summed E-state index contributed by atoms with van der Waals surface area (Å²) in [4.78, 5) is 12.3. The van der Waals surface area contributed by atoms with E-state index in [1.54, 1.807) is 0 Å². The van der Waals surface area contributed by atoms with Crippen molar-refractivity contribution in [2.24, 2.45) is 4.99 Å². The second kappa shape index (κ2) is 6.20. The Morgan fingerprint density at radius 2 is 2.00 bits per heavy atom. The number of aromatic nitrogens is 2. The molecule has 0 amide bonds. The molecule has 0 aromatic carbocycles. The quantitative estimate of drug-likeness (QED) is 0.810. The first-order chi connectivity index (χ1) is 12.3.